The molecular formula is C45H34N10O3. The molecule has 282 valence electrons. The van der Waals surface area contributed by atoms with Crippen molar-refractivity contribution in [1.29, 1.82) is 0 Å². The number of hydrogen-bond donors (Lipinski definition) is 1. The lowest BCUT2D eigenvalue weighted by atomic mass is 10.1. The van der Waals surface area contributed by atoms with Crippen molar-refractivity contribution in [3.05, 3.63) is 168 Å². The molecule has 0 amide bonds. The first-order valence-electron chi connectivity index (χ1n) is 18.5. The molecule has 6 heterocycles. The maximum Gasteiger partial charge on any atom is 0.337 e. The first-order valence-corrected chi connectivity index (χ1v) is 18.5. The zero-order valence-corrected chi connectivity index (χ0v) is 31.2. The van der Waals surface area contributed by atoms with Crippen LogP contribution >= 0.6 is 0 Å². The van der Waals surface area contributed by atoms with Crippen molar-refractivity contribution in [3.8, 4) is 22.5 Å². The van der Waals surface area contributed by atoms with Crippen LogP contribution in [0.25, 0.3) is 66.6 Å². The van der Waals surface area contributed by atoms with Gasteiger partial charge in [-0.3, -0.25) is 9.97 Å². The summed E-state index contributed by atoms with van der Waals surface area (Å²) in [5, 5.41) is 28.4. The lowest BCUT2D eigenvalue weighted by Crippen LogP contribution is -2.03. The molecular weight excluding hydrogens is 729 g/mol. The predicted molar refractivity (Wildman–Crippen MR) is 220 cm³/mol. The number of aliphatic hydroxyl groups is 1. The molecule has 0 aliphatic heterocycles. The van der Waals surface area contributed by atoms with E-state index in [0.29, 0.717) is 24.3 Å². The molecule has 13 heteroatoms. The molecule has 0 atom stereocenters. The highest BCUT2D eigenvalue weighted by Gasteiger charge is 2.12. The SMILES string of the molecule is COC(=O)c1ccc(-c2ccc3nnn(Cc4ccc5ncccc5c4)c3n2)cc1.OCc1ccc(-c2ccc3nnn(Cc4ccc5ncccc5c4)c3n2)cc1. The van der Waals surface area contributed by atoms with E-state index < -0.39 is 0 Å². The number of benzene rings is 4. The number of fused-ring (bicyclic) bond motifs is 4. The molecule has 6 aromatic heterocycles. The highest BCUT2D eigenvalue weighted by molar-refractivity contribution is 5.90. The Labute approximate surface area is 331 Å². The molecule has 0 aliphatic carbocycles. The van der Waals surface area contributed by atoms with E-state index in [4.69, 9.17) is 14.7 Å². The molecule has 0 saturated carbocycles. The molecule has 58 heavy (non-hydrogen) atoms. The summed E-state index contributed by atoms with van der Waals surface area (Å²) in [7, 11) is 1.37. The third-order valence-corrected chi connectivity index (χ3v) is 9.75. The number of methoxy groups -OCH3 is 1. The van der Waals surface area contributed by atoms with Crippen LogP contribution in [0.3, 0.4) is 0 Å². The molecule has 10 aromatic rings. The second-order valence-corrected chi connectivity index (χ2v) is 13.6. The van der Waals surface area contributed by atoms with E-state index >= 15 is 0 Å². The van der Waals surface area contributed by atoms with Gasteiger partial charge in [0.1, 0.15) is 11.0 Å². The number of aromatic nitrogens is 10. The number of rotatable bonds is 8. The Balaban J connectivity index is 0.000000151. The molecule has 0 bridgehead atoms. The van der Waals surface area contributed by atoms with E-state index in [1.54, 1.807) is 29.2 Å². The second kappa shape index (κ2) is 15.8. The second-order valence-electron chi connectivity index (χ2n) is 13.6. The van der Waals surface area contributed by atoms with Gasteiger partial charge in [-0.05, 0) is 89.5 Å². The van der Waals surface area contributed by atoms with Gasteiger partial charge >= 0.3 is 5.97 Å². The first-order chi connectivity index (χ1) is 28.5. The average Bonchev–Trinajstić information content (AvgIpc) is 3.89. The van der Waals surface area contributed by atoms with Crippen molar-refractivity contribution in [2.75, 3.05) is 7.11 Å². The molecule has 0 radical (unpaired) electrons. The van der Waals surface area contributed by atoms with Crippen LogP contribution in [0.2, 0.25) is 0 Å². The van der Waals surface area contributed by atoms with Gasteiger partial charge in [-0.25, -0.2) is 24.1 Å². The van der Waals surface area contributed by atoms with E-state index in [1.165, 1.54) is 7.11 Å². The van der Waals surface area contributed by atoms with E-state index in [2.05, 4.69) is 54.9 Å². The molecule has 0 fully saturated rings. The third-order valence-electron chi connectivity index (χ3n) is 9.75. The number of nitrogens with zero attached hydrogens (tertiary/aromatic N) is 10. The lowest BCUT2D eigenvalue weighted by Gasteiger charge is -2.06. The molecule has 0 aliphatic rings. The topological polar surface area (TPSA) is 160 Å². The number of carbonyl (C=O) groups is 1. The van der Waals surface area contributed by atoms with E-state index in [0.717, 1.165) is 77.7 Å². The van der Waals surface area contributed by atoms with Gasteiger partial charge in [0.2, 0.25) is 0 Å². The van der Waals surface area contributed by atoms with Gasteiger partial charge in [0, 0.05) is 34.3 Å². The molecule has 0 unspecified atom stereocenters. The number of aliphatic hydroxyl groups excluding tert-OH is 1. The molecule has 0 saturated heterocycles. The monoisotopic (exact) mass is 762 g/mol. The Kier molecular flexibility index (Phi) is 9.76. The highest BCUT2D eigenvalue weighted by atomic mass is 16.5. The molecule has 10 rings (SSSR count). The minimum atomic E-state index is -0.363. The van der Waals surface area contributed by atoms with Crippen molar-refractivity contribution in [3.63, 3.8) is 0 Å². The smallest absolute Gasteiger partial charge is 0.337 e. The molecule has 0 spiro atoms. The van der Waals surface area contributed by atoms with Gasteiger partial charge in [-0.1, -0.05) is 71.1 Å². The summed E-state index contributed by atoms with van der Waals surface area (Å²) >= 11 is 0. The molecule has 1 N–H and O–H groups in total. The van der Waals surface area contributed by atoms with Crippen LogP contribution in [0, 0.1) is 0 Å². The zero-order chi connectivity index (χ0) is 39.4. The van der Waals surface area contributed by atoms with Gasteiger partial charge in [0.05, 0.1) is 54.8 Å². The summed E-state index contributed by atoms with van der Waals surface area (Å²) in [5.41, 5.74) is 12.0. The summed E-state index contributed by atoms with van der Waals surface area (Å²) in [6, 6.07) is 42.9. The Morgan fingerprint density at radius 2 is 1.03 bits per heavy atom. The van der Waals surface area contributed by atoms with Crippen LogP contribution in [-0.2, 0) is 24.4 Å². The normalized spacial score (nSPS) is 11.2. The van der Waals surface area contributed by atoms with Crippen molar-refractivity contribution in [2.45, 2.75) is 19.7 Å². The number of carbonyl (C=O) groups excluding carboxylic acids is 1. The van der Waals surface area contributed by atoms with Crippen molar-refractivity contribution >= 4 is 50.1 Å². The van der Waals surface area contributed by atoms with Crippen LogP contribution in [0.15, 0.2) is 146 Å². The fraction of sp³-hybridized carbons (Fsp3) is 0.0889. The summed E-state index contributed by atoms with van der Waals surface area (Å²) in [6.45, 7) is 1.17. The van der Waals surface area contributed by atoms with E-state index in [1.807, 2.05) is 102 Å². The van der Waals surface area contributed by atoms with E-state index in [-0.39, 0.29) is 12.6 Å². The molecule has 4 aromatic carbocycles. The van der Waals surface area contributed by atoms with Crippen LogP contribution in [0.5, 0.6) is 0 Å². The van der Waals surface area contributed by atoms with Crippen LogP contribution in [0.4, 0.5) is 0 Å². The summed E-state index contributed by atoms with van der Waals surface area (Å²) in [5.74, 6) is -0.363. The van der Waals surface area contributed by atoms with E-state index in [9.17, 15) is 9.90 Å². The van der Waals surface area contributed by atoms with Crippen molar-refractivity contribution in [2.24, 2.45) is 0 Å². The van der Waals surface area contributed by atoms with Gasteiger partial charge in [-0.15, -0.1) is 10.2 Å². The summed E-state index contributed by atoms with van der Waals surface area (Å²) < 4.78 is 8.36. The standard InChI is InChI=1S/C23H17N5O2.C22H17N5O/c1-30-23(29)17-7-5-16(6-8-17)20-10-11-21-22(25-20)28(27-26-21)14-15-4-9-19-18(13-15)3-2-12-24-19;28-14-15-3-6-17(7-4-15)20-9-10-21-22(24-20)27(26-25-21)13-16-5-8-19-18(12-16)2-1-11-23-19/h2-13H,14H2,1H3;1-12,28H,13-14H2. The number of hydrogen-bond acceptors (Lipinski definition) is 11. The highest BCUT2D eigenvalue weighted by Crippen LogP contribution is 2.24. The maximum atomic E-state index is 11.6. The van der Waals surface area contributed by atoms with Crippen LogP contribution in [0.1, 0.15) is 27.0 Å². The van der Waals surface area contributed by atoms with Crippen molar-refractivity contribution in [1.82, 2.24) is 49.9 Å². The quantitative estimate of drug-likeness (QED) is 0.153. The van der Waals surface area contributed by atoms with Gasteiger partial charge in [-0.2, -0.15) is 0 Å². The first kappa shape index (κ1) is 35.9. The largest absolute Gasteiger partial charge is 0.465 e. The fourth-order valence-electron chi connectivity index (χ4n) is 6.71. The Hall–Kier alpha value is -7.77. The Bertz CT molecular complexity index is 3070. The number of ether oxygens (including phenoxy) is 1. The predicted octanol–water partition coefficient (Wildman–Crippen LogP) is 7.46. The minimum absolute atomic E-state index is 0.0325. The fourth-order valence-corrected chi connectivity index (χ4v) is 6.71. The average molecular weight is 763 g/mol. The maximum absolute atomic E-state index is 11.6. The van der Waals surface area contributed by atoms with Crippen LogP contribution in [-0.4, -0.2) is 68.1 Å². The lowest BCUT2D eigenvalue weighted by molar-refractivity contribution is 0.0600. The van der Waals surface area contributed by atoms with Gasteiger partial charge in [0.25, 0.3) is 0 Å². The zero-order valence-electron chi connectivity index (χ0n) is 31.2. The summed E-state index contributed by atoms with van der Waals surface area (Å²) in [6.07, 6.45) is 3.58. The van der Waals surface area contributed by atoms with Crippen LogP contribution < -0.4 is 0 Å². The molecule has 13 nitrogen and oxygen atoms in total. The van der Waals surface area contributed by atoms with Gasteiger partial charge < -0.3 is 9.84 Å². The summed E-state index contributed by atoms with van der Waals surface area (Å²) in [4.78, 5) is 29.9. The Morgan fingerprint density at radius 3 is 1.52 bits per heavy atom. The number of pyridine rings is 4. The van der Waals surface area contributed by atoms with Crippen molar-refractivity contribution < 1.29 is 14.6 Å². The third kappa shape index (κ3) is 7.44. The minimum Gasteiger partial charge on any atom is -0.465 e. The number of esters is 1. The Morgan fingerprint density at radius 1 is 0.569 bits per heavy atom. The van der Waals surface area contributed by atoms with Gasteiger partial charge in [0.15, 0.2) is 11.3 Å².